The number of piperazine rings is 1. The fraction of sp³-hybridized carbons (Fsp3) is 0.762. The molecule has 8 heteroatoms. The summed E-state index contributed by atoms with van der Waals surface area (Å²) in [6.45, 7) is 13.0. The molecule has 29 heavy (non-hydrogen) atoms. The molecular weight excluding hydrogens is 477 g/mol. The zero-order valence-electron chi connectivity index (χ0n) is 18.3. The van der Waals surface area contributed by atoms with Crippen LogP contribution in [0.1, 0.15) is 33.1 Å². The van der Waals surface area contributed by atoms with Crippen LogP contribution in [0.15, 0.2) is 23.5 Å². The minimum atomic E-state index is 0. The van der Waals surface area contributed by atoms with E-state index in [9.17, 15) is 0 Å². The minimum absolute atomic E-state index is 0. The molecule has 0 spiro atoms. The summed E-state index contributed by atoms with van der Waals surface area (Å²) in [4.78, 5) is 20.5. The predicted molar refractivity (Wildman–Crippen MR) is 131 cm³/mol. The van der Waals surface area contributed by atoms with E-state index in [4.69, 9.17) is 0 Å². The van der Waals surface area contributed by atoms with Crippen molar-refractivity contribution < 1.29 is 0 Å². The number of halogens is 1. The van der Waals surface area contributed by atoms with Gasteiger partial charge in [-0.1, -0.05) is 26.7 Å². The van der Waals surface area contributed by atoms with Crippen LogP contribution in [0.25, 0.3) is 0 Å². The maximum atomic E-state index is 4.54. The van der Waals surface area contributed by atoms with Crippen molar-refractivity contribution in [1.82, 2.24) is 25.1 Å². The standard InChI is InChI=1S/C21H37N7.HI/c1-4-18(5-2)19-7-11-28(17-19)20(22-3)25-10-12-26-13-15-27(16-14-26)21-23-8-6-9-24-21;/h6,8-9,18-19H,4-5,7,10-17H2,1-3H3,(H,22,25);1H. The average molecular weight is 515 g/mol. The van der Waals surface area contributed by atoms with E-state index in [1.165, 1.54) is 19.3 Å². The highest BCUT2D eigenvalue weighted by Gasteiger charge is 2.29. The first kappa shape index (κ1) is 24.1. The molecule has 2 fully saturated rings. The molecule has 3 heterocycles. The van der Waals surface area contributed by atoms with E-state index in [0.29, 0.717) is 0 Å². The Morgan fingerprint density at radius 3 is 2.45 bits per heavy atom. The van der Waals surface area contributed by atoms with E-state index in [1.54, 1.807) is 0 Å². The number of aromatic nitrogens is 2. The Bertz CT molecular complexity index is 600. The molecule has 2 saturated heterocycles. The zero-order valence-corrected chi connectivity index (χ0v) is 20.6. The van der Waals surface area contributed by atoms with Crippen molar-refractivity contribution in [3.8, 4) is 0 Å². The summed E-state index contributed by atoms with van der Waals surface area (Å²) in [7, 11) is 1.91. The van der Waals surface area contributed by atoms with Gasteiger partial charge < -0.3 is 15.1 Å². The number of hydrogen-bond donors (Lipinski definition) is 1. The predicted octanol–water partition coefficient (Wildman–Crippen LogP) is 2.55. The topological polar surface area (TPSA) is 59.9 Å². The largest absolute Gasteiger partial charge is 0.355 e. The molecule has 3 rings (SSSR count). The summed E-state index contributed by atoms with van der Waals surface area (Å²) in [6, 6.07) is 1.87. The summed E-state index contributed by atoms with van der Waals surface area (Å²) >= 11 is 0. The number of nitrogens with zero attached hydrogens (tertiary/aromatic N) is 6. The summed E-state index contributed by atoms with van der Waals surface area (Å²) in [5.74, 6) is 3.60. The van der Waals surface area contributed by atoms with Crippen molar-refractivity contribution >= 4 is 35.9 Å². The molecule has 1 atom stereocenters. The Hall–Kier alpha value is -1.16. The Balaban J connectivity index is 0.00000300. The van der Waals surface area contributed by atoms with Crippen LogP contribution in [-0.2, 0) is 0 Å². The Labute approximate surface area is 193 Å². The van der Waals surface area contributed by atoms with Crippen LogP contribution in [0.2, 0.25) is 0 Å². The third kappa shape index (κ3) is 6.67. The molecule has 2 aliphatic heterocycles. The molecule has 0 saturated carbocycles. The van der Waals surface area contributed by atoms with Crippen LogP contribution in [0.5, 0.6) is 0 Å². The zero-order chi connectivity index (χ0) is 19.8. The van der Waals surface area contributed by atoms with E-state index >= 15 is 0 Å². The highest BCUT2D eigenvalue weighted by atomic mass is 127. The van der Waals surface area contributed by atoms with Gasteiger partial charge >= 0.3 is 0 Å². The quantitative estimate of drug-likeness (QED) is 0.342. The fourth-order valence-corrected chi connectivity index (χ4v) is 4.60. The van der Waals surface area contributed by atoms with Crippen LogP contribution in [0.3, 0.4) is 0 Å². The van der Waals surface area contributed by atoms with E-state index in [0.717, 1.165) is 76.1 Å². The summed E-state index contributed by atoms with van der Waals surface area (Å²) in [5.41, 5.74) is 0. The molecule has 0 aromatic carbocycles. The summed E-state index contributed by atoms with van der Waals surface area (Å²) in [5, 5.41) is 3.59. The normalized spacial score (nSPS) is 20.8. The maximum absolute atomic E-state index is 4.54. The van der Waals surface area contributed by atoms with Crippen LogP contribution in [-0.4, -0.2) is 85.1 Å². The first-order valence-corrected chi connectivity index (χ1v) is 10.9. The molecule has 1 N–H and O–H groups in total. The van der Waals surface area contributed by atoms with Crippen molar-refractivity contribution in [3.63, 3.8) is 0 Å². The SMILES string of the molecule is CCC(CC)C1CCN(C(=NC)NCCN2CCN(c3ncccn3)CC2)C1.I. The van der Waals surface area contributed by atoms with Crippen molar-refractivity contribution in [2.24, 2.45) is 16.8 Å². The second kappa shape index (κ2) is 12.5. The lowest BCUT2D eigenvalue weighted by atomic mass is 9.87. The smallest absolute Gasteiger partial charge is 0.225 e. The first-order valence-electron chi connectivity index (χ1n) is 10.9. The molecular formula is C21H38IN7. The number of anilines is 1. The number of hydrogen-bond acceptors (Lipinski definition) is 5. The second-order valence-corrected chi connectivity index (χ2v) is 7.92. The van der Waals surface area contributed by atoms with Gasteiger partial charge in [-0.2, -0.15) is 0 Å². The number of rotatable bonds is 7. The number of likely N-dealkylation sites (tertiary alicyclic amines) is 1. The Morgan fingerprint density at radius 1 is 1.14 bits per heavy atom. The summed E-state index contributed by atoms with van der Waals surface area (Å²) < 4.78 is 0. The molecule has 0 bridgehead atoms. The van der Waals surface area contributed by atoms with E-state index < -0.39 is 0 Å². The van der Waals surface area contributed by atoms with Crippen molar-refractivity contribution in [3.05, 3.63) is 18.5 Å². The molecule has 7 nitrogen and oxygen atoms in total. The van der Waals surface area contributed by atoms with Gasteiger partial charge in [-0.3, -0.25) is 9.89 Å². The monoisotopic (exact) mass is 515 g/mol. The van der Waals surface area contributed by atoms with Gasteiger partial charge in [-0.25, -0.2) is 9.97 Å². The van der Waals surface area contributed by atoms with Crippen molar-refractivity contribution in [1.29, 1.82) is 0 Å². The summed E-state index contributed by atoms with van der Waals surface area (Å²) in [6.07, 6.45) is 7.52. The van der Waals surface area contributed by atoms with Crippen LogP contribution < -0.4 is 10.2 Å². The second-order valence-electron chi connectivity index (χ2n) is 7.92. The lowest BCUT2D eigenvalue weighted by Crippen LogP contribution is -2.50. The number of guanidine groups is 1. The van der Waals surface area contributed by atoms with Gasteiger partial charge in [0.2, 0.25) is 5.95 Å². The lowest BCUT2D eigenvalue weighted by Gasteiger charge is -2.34. The maximum Gasteiger partial charge on any atom is 0.225 e. The van der Waals surface area contributed by atoms with E-state index in [1.807, 2.05) is 25.5 Å². The first-order chi connectivity index (χ1) is 13.7. The van der Waals surface area contributed by atoms with Crippen LogP contribution in [0.4, 0.5) is 5.95 Å². The molecule has 164 valence electrons. The van der Waals surface area contributed by atoms with Gasteiger partial charge in [0.1, 0.15) is 0 Å². The number of aliphatic imine (C=N–C) groups is 1. The van der Waals surface area contributed by atoms with Crippen molar-refractivity contribution in [2.75, 3.05) is 64.3 Å². The third-order valence-corrected chi connectivity index (χ3v) is 6.37. The molecule has 0 aliphatic carbocycles. The molecule has 1 aromatic rings. The molecule has 2 aliphatic rings. The molecule has 1 unspecified atom stereocenters. The van der Waals surface area contributed by atoms with Crippen LogP contribution >= 0.6 is 24.0 Å². The number of nitrogens with one attached hydrogen (secondary N) is 1. The Morgan fingerprint density at radius 2 is 1.83 bits per heavy atom. The van der Waals surface area contributed by atoms with Gasteiger partial charge in [0.25, 0.3) is 0 Å². The third-order valence-electron chi connectivity index (χ3n) is 6.37. The van der Waals surface area contributed by atoms with Crippen LogP contribution in [0, 0.1) is 11.8 Å². The molecule has 1 aromatic heterocycles. The van der Waals surface area contributed by atoms with Gasteiger partial charge in [0, 0.05) is 71.8 Å². The highest BCUT2D eigenvalue weighted by molar-refractivity contribution is 14.0. The van der Waals surface area contributed by atoms with E-state index in [-0.39, 0.29) is 24.0 Å². The van der Waals surface area contributed by atoms with E-state index in [2.05, 4.69) is 48.8 Å². The van der Waals surface area contributed by atoms with Gasteiger partial charge in [-0.15, -0.1) is 24.0 Å². The van der Waals surface area contributed by atoms with Gasteiger partial charge in [0.15, 0.2) is 5.96 Å². The minimum Gasteiger partial charge on any atom is -0.355 e. The highest BCUT2D eigenvalue weighted by Crippen LogP contribution is 2.28. The van der Waals surface area contributed by atoms with Crippen molar-refractivity contribution in [2.45, 2.75) is 33.1 Å². The Kier molecular flexibility index (Phi) is 10.4. The average Bonchev–Trinajstić information content (AvgIpc) is 3.23. The fourth-order valence-electron chi connectivity index (χ4n) is 4.60. The molecule has 0 amide bonds. The van der Waals surface area contributed by atoms with Gasteiger partial charge in [0.05, 0.1) is 0 Å². The van der Waals surface area contributed by atoms with Gasteiger partial charge in [-0.05, 0) is 24.3 Å². The lowest BCUT2D eigenvalue weighted by molar-refractivity contribution is 0.259. The molecule has 0 radical (unpaired) electrons.